The van der Waals surface area contributed by atoms with E-state index >= 15 is 0 Å². The van der Waals surface area contributed by atoms with Crippen molar-refractivity contribution in [2.45, 2.75) is 25.7 Å². The molecule has 1 aromatic carbocycles. The molecule has 0 bridgehead atoms. The van der Waals surface area contributed by atoms with Crippen molar-refractivity contribution in [3.05, 3.63) is 56.6 Å². The SMILES string of the molecule is Cc1cscc1-c1cc(=O)oc2cc([C@H](C=O)C(=O)N3CCC[C@H](C(=O)O)C3)ccc12. The first-order chi connectivity index (χ1) is 14.9. The van der Waals surface area contributed by atoms with E-state index in [1.165, 1.54) is 22.3 Å². The molecule has 0 aliphatic carbocycles. The normalized spacial score (nSPS) is 17.5. The Hall–Kier alpha value is -3.26. The molecule has 1 N–H and O–H groups in total. The Morgan fingerprint density at radius 3 is 2.74 bits per heavy atom. The molecule has 1 aliphatic rings. The number of amides is 1. The van der Waals surface area contributed by atoms with Gasteiger partial charge in [0, 0.05) is 30.1 Å². The Morgan fingerprint density at radius 2 is 2.06 bits per heavy atom. The standard InChI is InChI=1S/C23H21NO6S/c1-13-11-31-12-19(13)17-8-21(26)30-20-7-14(4-5-16(17)20)18(10-25)22(27)24-6-2-3-15(9-24)23(28)29/h4-5,7-8,10-12,15,18H,2-3,6,9H2,1H3,(H,28,29)/t15-,18-/m0/s1. The van der Waals surface area contributed by atoms with Gasteiger partial charge in [-0.25, -0.2) is 4.79 Å². The van der Waals surface area contributed by atoms with Gasteiger partial charge in [-0.3, -0.25) is 9.59 Å². The lowest BCUT2D eigenvalue weighted by Gasteiger charge is -2.32. The number of hydrogen-bond acceptors (Lipinski definition) is 6. The van der Waals surface area contributed by atoms with Crippen molar-refractivity contribution in [1.29, 1.82) is 0 Å². The molecule has 3 aromatic rings. The van der Waals surface area contributed by atoms with Gasteiger partial charge in [0.25, 0.3) is 0 Å². The molecule has 31 heavy (non-hydrogen) atoms. The van der Waals surface area contributed by atoms with Crippen LogP contribution in [0.4, 0.5) is 0 Å². The number of aliphatic carboxylic acids is 1. The molecular weight excluding hydrogens is 418 g/mol. The molecule has 1 fully saturated rings. The zero-order valence-electron chi connectivity index (χ0n) is 16.9. The van der Waals surface area contributed by atoms with E-state index in [2.05, 4.69) is 0 Å². The third-order valence-electron chi connectivity index (χ3n) is 5.76. The number of carbonyl (C=O) groups excluding carboxylic acids is 2. The molecule has 1 aliphatic heterocycles. The van der Waals surface area contributed by atoms with Crippen LogP contribution in [0.15, 0.2) is 44.2 Å². The summed E-state index contributed by atoms with van der Waals surface area (Å²) in [7, 11) is 0. The van der Waals surface area contributed by atoms with Gasteiger partial charge in [-0.05, 0) is 53.3 Å². The van der Waals surface area contributed by atoms with Gasteiger partial charge in [-0.1, -0.05) is 12.1 Å². The van der Waals surface area contributed by atoms with Gasteiger partial charge in [0.2, 0.25) is 5.91 Å². The minimum absolute atomic E-state index is 0.0861. The lowest BCUT2D eigenvalue weighted by Crippen LogP contribution is -2.44. The van der Waals surface area contributed by atoms with Crippen molar-refractivity contribution in [2.24, 2.45) is 5.92 Å². The Labute approximate surface area is 181 Å². The van der Waals surface area contributed by atoms with Crippen LogP contribution in [0.25, 0.3) is 22.1 Å². The van der Waals surface area contributed by atoms with Gasteiger partial charge in [0.15, 0.2) is 0 Å². The van der Waals surface area contributed by atoms with Crippen molar-refractivity contribution in [1.82, 2.24) is 4.90 Å². The van der Waals surface area contributed by atoms with Crippen LogP contribution in [-0.4, -0.2) is 41.3 Å². The second kappa shape index (κ2) is 8.47. The monoisotopic (exact) mass is 439 g/mol. The highest BCUT2D eigenvalue weighted by atomic mass is 32.1. The summed E-state index contributed by atoms with van der Waals surface area (Å²) in [6.45, 7) is 2.46. The minimum Gasteiger partial charge on any atom is -0.481 e. The first kappa shape index (κ1) is 21.0. The Kier molecular flexibility index (Phi) is 5.73. The third kappa shape index (κ3) is 4.03. The van der Waals surface area contributed by atoms with E-state index in [1.807, 2.05) is 17.7 Å². The van der Waals surface area contributed by atoms with Gasteiger partial charge in [0.1, 0.15) is 17.8 Å². The number of piperidine rings is 1. The number of hydrogen-bond donors (Lipinski definition) is 1. The van der Waals surface area contributed by atoms with Crippen LogP contribution in [-0.2, 0) is 14.4 Å². The van der Waals surface area contributed by atoms with Crippen molar-refractivity contribution in [3.63, 3.8) is 0 Å². The van der Waals surface area contributed by atoms with E-state index in [4.69, 9.17) is 4.42 Å². The van der Waals surface area contributed by atoms with Crippen molar-refractivity contribution < 1.29 is 23.9 Å². The van der Waals surface area contributed by atoms with Crippen molar-refractivity contribution >= 4 is 40.5 Å². The number of carbonyl (C=O) groups is 3. The molecule has 160 valence electrons. The third-order valence-corrected chi connectivity index (χ3v) is 6.62. The Bertz CT molecular complexity index is 1230. The number of nitrogens with zero attached hydrogens (tertiary/aromatic N) is 1. The lowest BCUT2D eigenvalue weighted by atomic mass is 9.93. The first-order valence-corrected chi connectivity index (χ1v) is 10.9. The van der Waals surface area contributed by atoms with Gasteiger partial charge in [0.05, 0.1) is 5.92 Å². The Balaban J connectivity index is 1.71. The van der Waals surface area contributed by atoms with Crippen molar-refractivity contribution in [2.75, 3.05) is 13.1 Å². The van der Waals surface area contributed by atoms with E-state index in [1.54, 1.807) is 18.2 Å². The maximum Gasteiger partial charge on any atom is 0.336 e. The predicted octanol–water partition coefficient (Wildman–Crippen LogP) is 3.44. The molecule has 4 rings (SSSR count). The number of likely N-dealkylation sites (tertiary alicyclic amines) is 1. The summed E-state index contributed by atoms with van der Waals surface area (Å²) in [6.07, 6.45) is 1.64. The number of rotatable bonds is 5. The molecule has 8 heteroatoms. The summed E-state index contributed by atoms with van der Waals surface area (Å²) in [4.78, 5) is 49.8. The number of carboxylic acids is 1. The quantitative estimate of drug-likeness (QED) is 0.371. The van der Waals surface area contributed by atoms with E-state index in [9.17, 15) is 24.3 Å². The maximum absolute atomic E-state index is 13.0. The lowest BCUT2D eigenvalue weighted by molar-refractivity contribution is -0.146. The predicted molar refractivity (Wildman–Crippen MR) is 116 cm³/mol. The van der Waals surface area contributed by atoms with Gasteiger partial charge in [-0.15, -0.1) is 0 Å². The molecule has 1 amide bonds. The molecule has 3 heterocycles. The molecule has 0 radical (unpaired) electrons. The second-order valence-electron chi connectivity index (χ2n) is 7.78. The van der Waals surface area contributed by atoms with E-state index in [-0.39, 0.29) is 6.54 Å². The van der Waals surface area contributed by atoms with Gasteiger partial charge in [-0.2, -0.15) is 11.3 Å². The Morgan fingerprint density at radius 1 is 1.26 bits per heavy atom. The largest absolute Gasteiger partial charge is 0.481 e. The number of carboxylic acid groups (broad SMARTS) is 1. The van der Waals surface area contributed by atoms with Gasteiger partial charge < -0.3 is 19.2 Å². The van der Waals surface area contributed by atoms with Crippen LogP contribution in [0.1, 0.15) is 29.9 Å². The average molecular weight is 439 g/mol. The number of aldehydes is 1. The van der Waals surface area contributed by atoms with Gasteiger partial charge >= 0.3 is 11.6 Å². The summed E-state index contributed by atoms with van der Waals surface area (Å²) in [5, 5.41) is 13.9. The van der Waals surface area contributed by atoms with E-state index in [0.29, 0.717) is 42.2 Å². The van der Waals surface area contributed by atoms with Crippen molar-refractivity contribution in [3.8, 4) is 11.1 Å². The van der Waals surface area contributed by atoms with Crippen LogP contribution in [0.3, 0.4) is 0 Å². The fraction of sp³-hybridized carbons (Fsp3) is 0.304. The smallest absolute Gasteiger partial charge is 0.336 e. The maximum atomic E-state index is 13.0. The highest BCUT2D eigenvalue weighted by Gasteiger charge is 2.32. The molecule has 0 unspecified atom stereocenters. The summed E-state index contributed by atoms with van der Waals surface area (Å²) >= 11 is 1.54. The molecular formula is C23H21NO6S. The number of benzene rings is 1. The molecule has 1 saturated heterocycles. The molecule has 2 atom stereocenters. The van der Waals surface area contributed by atoms with Crippen LogP contribution in [0.5, 0.6) is 0 Å². The fourth-order valence-corrected chi connectivity index (χ4v) is 4.94. The summed E-state index contributed by atoms with van der Waals surface area (Å²) in [6, 6.07) is 6.43. The highest BCUT2D eigenvalue weighted by molar-refractivity contribution is 7.08. The first-order valence-electron chi connectivity index (χ1n) is 9.97. The average Bonchev–Trinajstić information content (AvgIpc) is 3.19. The zero-order chi connectivity index (χ0) is 22.1. The number of aryl methyl sites for hydroxylation is 1. The zero-order valence-corrected chi connectivity index (χ0v) is 17.7. The van der Waals surface area contributed by atoms with Crippen LogP contribution < -0.4 is 5.63 Å². The highest BCUT2D eigenvalue weighted by Crippen LogP contribution is 2.33. The molecule has 7 nitrogen and oxygen atoms in total. The topological polar surface area (TPSA) is 105 Å². The summed E-state index contributed by atoms with van der Waals surface area (Å²) in [5.41, 5.74) is 2.91. The second-order valence-corrected chi connectivity index (χ2v) is 8.52. The molecule has 0 saturated carbocycles. The summed E-state index contributed by atoms with van der Waals surface area (Å²) in [5.74, 6) is -3.10. The van der Waals surface area contributed by atoms with E-state index < -0.39 is 29.3 Å². The van der Waals surface area contributed by atoms with Crippen LogP contribution in [0, 0.1) is 12.8 Å². The number of fused-ring (bicyclic) bond motifs is 1. The van der Waals surface area contributed by atoms with Crippen LogP contribution >= 0.6 is 11.3 Å². The fourth-order valence-electron chi connectivity index (χ4n) is 4.09. The van der Waals surface area contributed by atoms with Crippen LogP contribution in [0.2, 0.25) is 0 Å². The molecule has 0 spiro atoms. The van der Waals surface area contributed by atoms with E-state index in [0.717, 1.165) is 16.7 Å². The molecule has 2 aromatic heterocycles. The summed E-state index contributed by atoms with van der Waals surface area (Å²) < 4.78 is 5.38. The minimum atomic E-state index is -1.09. The number of thiophene rings is 1.